The van der Waals surface area contributed by atoms with Gasteiger partial charge in [0.25, 0.3) is 0 Å². The van der Waals surface area contributed by atoms with Crippen molar-refractivity contribution in [2.24, 2.45) is 23.7 Å². The van der Waals surface area contributed by atoms with Crippen LogP contribution in [0.2, 0.25) is 0 Å². The second kappa shape index (κ2) is 2.37. The van der Waals surface area contributed by atoms with Crippen LogP contribution in [0, 0.1) is 23.7 Å². The van der Waals surface area contributed by atoms with Crippen LogP contribution >= 0.6 is 0 Å². The lowest BCUT2D eigenvalue weighted by Gasteiger charge is -2.13. The molecule has 0 N–H and O–H groups in total. The van der Waals surface area contributed by atoms with Gasteiger partial charge >= 0.3 is 0 Å². The highest BCUT2D eigenvalue weighted by molar-refractivity contribution is 5.20. The van der Waals surface area contributed by atoms with Crippen LogP contribution in [0.4, 0.5) is 0 Å². The Morgan fingerprint density at radius 2 is 2.00 bits per heavy atom. The van der Waals surface area contributed by atoms with Crippen molar-refractivity contribution in [1.29, 1.82) is 0 Å². The molecule has 0 aliphatic heterocycles. The van der Waals surface area contributed by atoms with Gasteiger partial charge in [0.1, 0.15) is 0 Å². The van der Waals surface area contributed by atoms with Gasteiger partial charge in [-0.2, -0.15) is 0 Å². The number of allylic oxidation sites excluding steroid dienone is 4. The van der Waals surface area contributed by atoms with Gasteiger partial charge in [-0.1, -0.05) is 24.3 Å². The number of hydrogen-bond donors (Lipinski definition) is 0. The molecule has 0 amide bonds. The van der Waals surface area contributed by atoms with Crippen molar-refractivity contribution in [2.45, 2.75) is 6.42 Å². The predicted octanol–water partition coefficient (Wildman–Crippen LogP) is 2.80. The van der Waals surface area contributed by atoms with Crippen LogP contribution in [0.25, 0.3) is 0 Å². The average Bonchev–Trinajstić information content (AvgIpc) is 2.59. The largest absolute Gasteiger partial charge is 0.103 e. The van der Waals surface area contributed by atoms with Crippen LogP contribution in [0.1, 0.15) is 6.42 Å². The zero-order valence-electron chi connectivity index (χ0n) is 6.74. The minimum absolute atomic E-state index is 0.706. The summed E-state index contributed by atoms with van der Waals surface area (Å²) in [6.45, 7) is 7.74. The molecule has 0 nitrogen and oxygen atoms in total. The first-order chi connectivity index (χ1) is 5.36. The van der Waals surface area contributed by atoms with Gasteiger partial charge in [-0.25, -0.2) is 0 Å². The summed E-state index contributed by atoms with van der Waals surface area (Å²) in [5.41, 5.74) is 0. The van der Waals surface area contributed by atoms with Crippen molar-refractivity contribution in [3.05, 3.63) is 37.5 Å². The summed E-state index contributed by atoms with van der Waals surface area (Å²) >= 11 is 0. The molecule has 2 rings (SSSR count). The molecule has 58 valence electrons. The van der Waals surface area contributed by atoms with E-state index in [4.69, 9.17) is 0 Å². The van der Waals surface area contributed by atoms with E-state index in [1.807, 2.05) is 0 Å². The highest BCUT2D eigenvalue weighted by Crippen LogP contribution is 2.48. The van der Waals surface area contributed by atoms with Gasteiger partial charge < -0.3 is 0 Å². The first-order valence-corrected chi connectivity index (χ1v) is 4.30. The van der Waals surface area contributed by atoms with Gasteiger partial charge in [-0.05, 0) is 30.1 Å². The maximum Gasteiger partial charge on any atom is -0.0102 e. The molecule has 0 aromatic heterocycles. The molecule has 0 radical (unpaired) electrons. The molecule has 0 aromatic rings. The van der Waals surface area contributed by atoms with Crippen LogP contribution in [0.5, 0.6) is 0 Å². The summed E-state index contributed by atoms with van der Waals surface area (Å²) in [6, 6.07) is 0. The fourth-order valence-electron chi connectivity index (χ4n) is 2.53. The Labute approximate surface area is 68.3 Å². The summed E-state index contributed by atoms with van der Waals surface area (Å²) in [5.74, 6) is 2.90. The van der Waals surface area contributed by atoms with Gasteiger partial charge in [-0.3, -0.25) is 0 Å². The highest BCUT2D eigenvalue weighted by atomic mass is 14.4. The van der Waals surface area contributed by atoms with Gasteiger partial charge in [0, 0.05) is 0 Å². The van der Waals surface area contributed by atoms with E-state index in [0.717, 1.165) is 11.8 Å². The molecule has 1 saturated carbocycles. The first kappa shape index (κ1) is 6.90. The molecule has 2 aliphatic carbocycles. The van der Waals surface area contributed by atoms with E-state index in [2.05, 4.69) is 37.5 Å². The summed E-state index contributed by atoms with van der Waals surface area (Å²) in [7, 11) is 0. The summed E-state index contributed by atoms with van der Waals surface area (Å²) < 4.78 is 0. The number of hydrogen-bond acceptors (Lipinski definition) is 0. The Morgan fingerprint density at radius 3 is 2.45 bits per heavy atom. The third-order valence-corrected chi connectivity index (χ3v) is 3.13. The Kier molecular flexibility index (Phi) is 1.49. The molecule has 0 spiro atoms. The lowest BCUT2D eigenvalue weighted by Crippen LogP contribution is -2.06. The van der Waals surface area contributed by atoms with Gasteiger partial charge in [0.05, 0.1) is 0 Å². The van der Waals surface area contributed by atoms with Gasteiger partial charge in [-0.15, -0.1) is 13.2 Å². The van der Waals surface area contributed by atoms with E-state index in [1.54, 1.807) is 0 Å². The molecule has 0 aromatic carbocycles. The zero-order valence-corrected chi connectivity index (χ0v) is 6.74. The van der Waals surface area contributed by atoms with Crippen LogP contribution in [-0.4, -0.2) is 0 Å². The maximum atomic E-state index is 3.88. The average molecular weight is 146 g/mol. The van der Waals surface area contributed by atoms with Crippen molar-refractivity contribution in [3.8, 4) is 0 Å². The zero-order chi connectivity index (χ0) is 7.84. The molecule has 0 heterocycles. The van der Waals surface area contributed by atoms with Crippen LogP contribution in [0.15, 0.2) is 37.5 Å². The van der Waals surface area contributed by atoms with Crippen LogP contribution < -0.4 is 0 Å². The van der Waals surface area contributed by atoms with Crippen molar-refractivity contribution < 1.29 is 0 Å². The standard InChI is InChI=1S/C11H14/c1-3-8-7-9-5-6-11(8)10(9)4-2/h3-6,8-11H,1-2,7H2. The molecular formula is C11H14. The van der Waals surface area contributed by atoms with Crippen molar-refractivity contribution >= 4 is 0 Å². The highest BCUT2D eigenvalue weighted by Gasteiger charge is 2.41. The van der Waals surface area contributed by atoms with Crippen molar-refractivity contribution in [3.63, 3.8) is 0 Å². The second-order valence-electron chi connectivity index (χ2n) is 3.57. The Bertz CT molecular complexity index is 212. The third-order valence-electron chi connectivity index (χ3n) is 3.13. The number of rotatable bonds is 2. The summed E-state index contributed by atoms with van der Waals surface area (Å²) in [6.07, 6.45) is 10.2. The Balaban J connectivity index is 2.23. The molecule has 2 bridgehead atoms. The van der Waals surface area contributed by atoms with E-state index in [0.29, 0.717) is 11.8 Å². The molecule has 0 heteroatoms. The molecule has 4 atom stereocenters. The van der Waals surface area contributed by atoms with Crippen LogP contribution in [-0.2, 0) is 0 Å². The van der Waals surface area contributed by atoms with E-state index in [-0.39, 0.29) is 0 Å². The van der Waals surface area contributed by atoms with Gasteiger partial charge in [0.15, 0.2) is 0 Å². The fourth-order valence-corrected chi connectivity index (χ4v) is 2.53. The summed E-state index contributed by atoms with van der Waals surface area (Å²) in [5, 5.41) is 0. The molecule has 2 aliphatic rings. The molecule has 0 saturated heterocycles. The van der Waals surface area contributed by atoms with Gasteiger partial charge in [0.2, 0.25) is 0 Å². The molecule has 11 heavy (non-hydrogen) atoms. The minimum Gasteiger partial charge on any atom is -0.103 e. The fraction of sp³-hybridized carbons (Fsp3) is 0.455. The predicted molar refractivity (Wildman–Crippen MR) is 48.1 cm³/mol. The lowest BCUT2D eigenvalue weighted by molar-refractivity contribution is 0.498. The first-order valence-electron chi connectivity index (χ1n) is 4.30. The molecule has 1 fully saturated rings. The normalized spacial score (nSPS) is 46.2. The lowest BCUT2D eigenvalue weighted by atomic mass is 9.91. The Morgan fingerprint density at radius 1 is 1.18 bits per heavy atom. The van der Waals surface area contributed by atoms with E-state index >= 15 is 0 Å². The van der Waals surface area contributed by atoms with Crippen molar-refractivity contribution in [2.75, 3.05) is 0 Å². The van der Waals surface area contributed by atoms with E-state index in [1.165, 1.54) is 6.42 Å². The third kappa shape index (κ3) is 0.819. The maximum absolute atomic E-state index is 3.88. The SMILES string of the molecule is C=CC1CC2C=CC1C2C=C. The van der Waals surface area contributed by atoms with Crippen molar-refractivity contribution in [1.82, 2.24) is 0 Å². The van der Waals surface area contributed by atoms with E-state index < -0.39 is 0 Å². The Hall–Kier alpha value is -0.780. The quantitative estimate of drug-likeness (QED) is 0.525. The molecule has 4 unspecified atom stereocenters. The van der Waals surface area contributed by atoms with E-state index in [9.17, 15) is 0 Å². The monoisotopic (exact) mass is 146 g/mol. The molecular weight excluding hydrogens is 132 g/mol. The summed E-state index contributed by atoms with van der Waals surface area (Å²) in [4.78, 5) is 0. The number of fused-ring (bicyclic) bond motifs is 2. The smallest absolute Gasteiger partial charge is 0.0102 e. The van der Waals surface area contributed by atoms with Crippen LogP contribution in [0.3, 0.4) is 0 Å². The minimum atomic E-state index is 0.706. The second-order valence-corrected chi connectivity index (χ2v) is 3.57. The topological polar surface area (TPSA) is 0 Å².